The summed E-state index contributed by atoms with van der Waals surface area (Å²) in [6.45, 7) is 0. The van der Waals surface area contributed by atoms with Crippen LogP contribution >= 0.6 is 0 Å². The Hall–Kier alpha value is -3.49. The highest BCUT2D eigenvalue weighted by Crippen LogP contribution is 2.31. The highest BCUT2D eigenvalue weighted by Gasteiger charge is 2.32. The third-order valence-corrected chi connectivity index (χ3v) is 3.26. The molecule has 132 valence electrons. The zero-order valence-electron chi connectivity index (χ0n) is 13.1. The van der Waals surface area contributed by atoms with E-state index >= 15 is 0 Å². The SMILES string of the molecule is O=CNc1ccc(Oc2ccnc(-c3ccnc(C(F)(F)F)c3)c2)cn1. The topological polar surface area (TPSA) is 77.0 Å². The van der Waals surface area contributed by atoms with Crippen molar-refractivity contribution in [2.75, 3.05) is 5.32 Å². The highest BCUT2D eigenvalue weighted by molar-refractivity contribution is 5.68. The third kappa shape index (κ3) is 4.12. The number of nitrogens with one attached hydrogen (secondary N) is 1. The number of halogens is 3. The molecule has 0 bridgehead atoms. The van der Waals surface area contributed by atoms with Gasteiger partial charge in [0.05, 0.1) is 11.9 Å². The van der Waals surface area contributed by atoms with Crippen LogP contribution in [-0.4, -0.2) is 21.4 Å². The van der Waals surface area contributed by atoms with E-state index in [1.54, 1.807) is 18.2 Å². The van der Waals surface area contributed by atoms with Crippen molar-refractivity contribution < 1.29 is 22.7 Å². The van der Waals surface area contributed by atoms with Crippen LogP contribution in [0.15, 0.2) is 55.0 Å². The van der Waals surface area contributed by atoms with Gasteiger partial charge in [0.1, 0.15) is 23.0 Å². The highest BCUT2D eigenvalue weighted by atomic mass is 19.4. The predicted molar refractivity (Wildman–Crippen MR) is 86.5 cm³/mol. The van der Waals surface area contributed by atoms with E-state index in [-0.39, 0.29) is 5.56 Å². The molecule has 0 saturated carbocycles. The van der Waals surface area contributed by atoms with Gasteiger partial charge in [-0.1, -0.05) is 0 Å². The predicted octanol–water partition coefficient (Wildman–Crippen LogP) is 3.92. The van der Waals surface area contributed by atoms with E-state index in [1.165, 1.54) is 24.5 Å². The first-order chi connectivity index (χ1) is 12.5. The zero-order valence-corrected chi connectivity index (χ0v) is 13.1. The number of hydrogen-bond donors (Lipinski definition) is 1. The summed E-state index contributed by atoms with van der Waals surface area (Å²) in [7, 11) is 0. The van der Waals surface area contributed by atoms with Gasteiger partial charge in [-0.15, -0.1) is 0 Å². The van der Waals surface area contributed by atoms with Crippen molar-refractivity contribution in [3.63, 3.8) is 0 Å². The molecule has 0 atom stereocenters. The van der Waals surface area contributed by atoms with Crippen molar-refractivity contribution >= 4 is 12.2 Å². The van der Waals surface area contributed by atoms with Gasteiger partial charge in [0, 0.05) is 24.0 Å². The molecule has 0 aliphatic carbocycles. The summed E-state index contributed by atoms with van der Waals surface area (Å²) < 4.78 is 44.0. The van der Waals surface area contributed by atoms with Crippen molar-refractivity contribution in [2.45, 2.75) is 6.18 Å². The summed E-state index contributed by atoms with van der Waals surface area (Å²) >= 11 is 0. The average molecular weight is 360 g/mol. The number of carbonyl (C=O) groups is 1. The lowest BCUT2D eigenvalue weighted by molar-refractivity contribution is -0.141. The van der Waals surface area contributed by atoms with E-state index in [0.717, 1.165) is 12.3 Å². The van der Waals surface area contributed by atoms with Gasteiger partial charge in [-0.3, -0.25) is 14.8 Å². The molecule has 0 aliphatic rings. The van der Waals surface area contributed by atoms with Crippen LogP contribution in [0.5, 0.6) is 11.5 Å². The summed E-state index contributed by atoms with van der Waals surface area (Å²) in [5.74, 6) is 1.13. The van der Waals surface area contributed by atoms with Crippen molar-refractivity contribution in [1.29, 1.82) is 0 Å². The minimum atomic E-state index is -4.53. The van der Waals surface area contributed by atoms with Crippen LogP contribution in [0.2, 0.25) is 0 Å². The van der Waals surface area contributed by atoms with E-state index in [9.17, 15) is 18.0 Å². The second kappa shape index (κ2) is 7.18. The van der Waals surface area contributed by atoms with Crippen molar-refractivity contribution in [3.8, 4) is 22.8 Å². The molecule has 0 radical (unpaired) electrons. The molecule has 0 saturated heterocycles. The van der Waals surface area contributed by atoms with Crippen molar-refractivity contribution in [3.05, 3.63) is 60.7 Å². The molecule has 0 aromatic carbocycles. The van der Waals surface area contributed by atoms with Gasteiger partial charge in [-0.2, -0.15) is 13.2 Å². The maximum absolute atomic E-state index is 12.8. The molecule has 0 aliphatic heterocycles. The maximum Gasteiger partial charge on any atom is 0.433 e. The smallest absolute Gasteiger partial charge is 0.433 e. The summed E-state index contributed by atoms with van der Waals surface area (Å²) in [4.78, 5) is 21.7. The number of anilines is 1. The second-order valence-corrected chi connectivity index (χ2v) is 5.05. The number of hydrogen-bond acceptors (Lipinski definition) is 5. The first kappa shape index (κ1) is 17.3. The molecule has 9 heteroatoms. The minimum absolute atomic E-state index is 0.265. The van der Waals surface area contributed by atoms with Crippen LogP contribution in [0, 0.1) is 0 Å². The van der Waals surface area contributed by atoms with Crippen LogP contribution in [0.1, 0.15) is 5.69 Å². The van der Waals surface area contributed by atoms with Gasteiger partial charge in [0.2, 0.25) is 6.41 Å². The van der Waals surface area contributed by atoms with Gasteiger partial charge in [0.15, 0.2) is 0 Å². The summed E-state index contributed by atoms with van der Waals surface area (Å²) in [6, 6.07) is 8.56. The Balaban J connectivity index is 1.83. The van der Waals surface area contributed by atoms with Gasteiger partial charge >= 0.3 is 6.18 Å². The fourth-order valence-corrected chi connectivity index (χ4v) is 2.10. The molecule has 3 heterocycles. The first-order valence-electron chi connectivity index (χ1n) is 7.29. The standard InChI is InChI=1S/C17H11F3N4O2/c18-17(19,20)15-7-11(3-5-22-15)14-8-12(4-6-21-14)26-13-1-2-16(23-9-13)24-10-25/h1-10H,(H,23,24,25). The number of amides is 1. The molecule has 0 spiro atoms. The molecular formula is C17H11F3N4O2. The Morgan fingerprint density at radius 3 is 2.46 bits per heavy atom. The number of pyridine rings is 3. The van der Waals surface area contributed by atoms with E-state index in [0.29, 0.717) is 29.4 Å². The van der Waals surface area contributed by atoms with Gasteiger partial charge < -0.3 is 10.1 Å². The molecule has 1 amide bonds. The molecule has 3 aromatic heterocycles. The first-order valence-corrected chi connectivity index (χ1v) is 7.29. The maximum atomic E-state index is 12.8. The number of nitrogens with zero attached hydrogens (tertiary/aromatic N) is 3. The number of ether oxygens (including phenoxy) is 1. The fourth-order valence-electron chi connectivity index (χ4n) is 2.10. The van der Waals surface area contributed by atoms with Crippen molar-refractivity contribution in [1.82, 2.24) is 15.0 Å². The Morgan fingerprint density at radius 1 is 0.962 bits per heavy atom. The molecule has 3 aromatic rings. The minimum Gasteiger partial charge on any atom is -0.456 e. The molecular weight excluding hydrogens is 349 g/mol. The number of alkyl halides is 3. The molecule has 26 heavy (non-hydrogen) atoms. The van der Waals surface area contributed by atoms with E-state index in [2.05, 4.69) is 20.3 Å². The Morgan fingerprint density at radius 2 is 1.77 bits per heavy atom. The van der Waals surface area contributed by atoms with E-state index in [4.69, 9.17) is 4.74 Å². The van der Waals surface area contributed by atoms with E-state index in [1.807, 2.05) is 0 Å². The van der Waals surface area contributed by atoms with Crippen LogP contribution in [0.3, 0.4) is 0 Å². The van der Waals surface area contributed by atoms with Crippen LogP contribution in [0.4, 0.5) is 19.0 Å². The normalized spacial score (nSPS) is 11.0. The molecule has 0 fully saturated rings. The third-order valence-electron chi connectivity index (χ3n) is 3.26. The monoisotopic (exact) mass is 360 g/mol. The fraction of sp³-hybridized carbons (Fsp3) is 0.0588. The zero-order chi connectivity index (χ0) is 18.6. The molecule has 6 nitrogen and oxygen atoms in total. The Bertz CT molecular complexity index is 914. The van der Waals surface area contributed by atoms with E-state index < -0.39 is 11.9 Å². The van der Waals surface area contributed by atoms with Gasteiger partial charge in [-0.25, -0.2) is 4.98 Å². The lowest BCUT2D eigenvalue weighted by Crippen LogP contribution is -2.07. The Kier molecular flexibility index (Phi) is 4.78. The lowest BCUT2D eigenvalue weighted by Gasteiger charge is -2.09. The van der Waals surface area contributed by atoms with Crippen LogP contribution in [-0.2, 0) is 11.0 Å². The largest absolute Gasteiger partial charge is 0.456 e. The number of carbonyl (C=O) groups excluding carboxylic acids is 1. The Labute approximate surface area is 145 Å². The van der Waals surface area contributed by atoms with Gasteiger partial charge in [-0.05, 0) is 30.3 Å². The lowest BCUT2D eigenvalue weighted by atomic mass is 10.1. The summed E-state index contributed by atoms with van der Waals surface area (Å²) in [5.41, 5.74) is -0.422. The number of aromatic nitrogens is 3. The quantitative estimate of drug-likeness (QED) is 0.698. The molecule has 1 N–H and O–H groups in total. The molecule has 3 rings (SSSR count). The van der Waals surface area contributed by atoms with Crippen LogP contribution < -0.4 is 10.1 Å². The average Bonchev–Trinajstić information content (AvgIpc) is 2.63. The van der Waals surface area contributed by atoms with Crippen LogP contribution in [0.25, 0.3) is 11.3 Å². The summed E-state index contributed by atoms with van der Waals surface area (Å²) in [6.07, 6.45) is -0.126. The second-order valence-electron chi connectivity index (χ2n) is 5.05. The molecule has 0 unspecified atom stereocenters. The summed E-state index contributed by atoms with van der Waals surface area (Å²) in [5, 5.41) is 2.39. The van der Waals surface area contributed by atoms with Gasteiger partial charge in [0.25, 0.3) is 0 Å². The van der Waals surface area contributed by atoms with Crippen molar-refractivity contribution in [2.24, 2.45) is 0 Å². The number of rotatable bonds is 5.